The topological polar surface area (TPSA) is 46.5 Å². The molecule has 0 heterocycles. The van der Waals surface area contributed by atoms with Crippen LogP contribution in [0.1, 0.15) is 11.1 Å². The van der Waals surface area contributed by atoms with Crippen LogP contribution in [0.15, 0.2) is 18.2 Å². The largest absolute Gasteiger partial charge is 0.501 e. The lowest BCUT2D eigenvalue weighted by atomic mass is 10.1. The van der Waals surface area contributed by atoms with E-state index in [1.165, 1.54) is 6.07 Å². The number of rotatable bonds is 3. The Labute approximate surface area is 85.3 Å². The van der Waals surface area contributed by atoms with Crippen LogP contribution in [-0.4, -0.2) is 17.2 Å². The first-order valence-electron chi connectivity index (χ1n) is 4.20. The molecule has 1 rings (SSSR count). The summed E-state index contributed by atoms with van der Waals surface area (Å²) in [5, 5.41) is 8.17. The molecule has 15 heavy (non-hydrogen) atoms. The highest BCUT2D eigenvalue weighted by Gasteiger charge is 2.42. The van der Waals surface area contributed by atoms with E-state index in [2.05, 4.69) is 4.74 Å². The SMILES string of the molecule is Cc1ccc(OC(F)(F)C(=O)O)c(C)c1. The van der Waals surface area contributed by atoms with Gasteiger partial charge in [-0.05, 0) is 25.5 Å². The van der Waals surface area contributed by atoms with Crippen molar-refractivity contribution in [1.82, 2.24) is 0 Å². The molecule has 0 radical (unpaired) electrons. The van der Waals surface area contributed by atoms with Gasteiger partial charge in [0.2, 0.25) is 0 Å². The van der Waals surface area contributed by atoms with E-state index in [4.69, 9.17) is 5.11 Å². The quantitative estimate of drug-likeness (QED) is 0.843. The van der Waals surface area contributed by atoms with Crippen molar-refractivity contribution < 1.29 is 23.4 Å². The zero-order valence-corrected chi connectivity index (χ0v) is 8.25. The molecule has 3 nitrogen and oxygen atoms in total. The molecular formula is C10H10F2O3. The lowest BCUT2D eigenvalue weighted by Gasteiger charge is -2.15. The summed E-state index contributed by atoms with van der Waals surface area (Å²) in [7, 11) is 0. The van der Waals surface area contributed by atoms with Gasteiger partial charge in [-0.2, -0.15) is 8.78 Å². The maximum Gasteiger partial charge on any atom is 0.501 e. The van der Waals surface area contributed by atoms with Crippen molar-refractivity contribution >= 4 is 5.97 Å². The lowest BCUT2D eigenvalue weighted by Crippen LogP contribution is -2.35. The van der Waals surface area contributed by atoms with Gasteiger partial charge in [0, 0.05) is 0 Å². The molecule has 82 valence electrons. The van der Waals surface area contributed by atoms with Gasteiger partial charge in [0.25, 0.3) is 0 Å². The van der Waals surface area contributed by atoms with Crippen molar-refractivity contribution in [1.29, 1.82) is 0 Å². The van der Waals surface area contributed by atoms with Crippen LogP contribution < -0.4 is 4.74 Å². The summed E-state index contributed by atoms with van der Waals surface area (Å²) < 4.78 is 29.5. The molecule has 1 aromatic rings. The van der Waals surface area contributed by atoms with Gasteiger partial charge in [-0.15, -0.1) is 0 Å². The van der Waals surface area contributed by atoms with E-state index in [1.807, 2.05) is 0 Å². The van der Waals surface area contributed by atoms with Crippen LogP contribution in [0.3, 0.4) is 0 Å². The summed E-state index contributed by atoms with van der Waals surface area (Å²) in [6.07, 6.45) is -4.19. The van der Waals surface area contributed by atoms with Gasteiger partial charge in [-0.25, -0.2) is 4.79 Å². The molecule has 0 bridgehead atoms. The first-order chi connectivity index (χ1) is 6.83. The Morgan fingerprint density at radius 1 is 1.40 bits per heavy atom. The molecular weight excluding hydrogens is 206 g/mol. The highest BCUT2D eigenvalue weighted by atomic mass is 19.3. The number of hydrogen-bond donors (Lipinski definition) is 1. The number of aliphatic carboxylic acids is 1. The minimum Gasteiger partial charge on any atom is -0.474 e. The van der Waals surface area contributed by atoms with Crippen LogP contribution in [0, 0.1) is 13.8 Å². The summed E-state index contributed by atoms with van der Waals surface area (Å²) in [5.41, 5.74) is 1.36. The standard InChI is InChI=1S/C10H10F2O3/c1-6-3-4-8(7(2)5-6)15-10(11,12)9(13)14/h3-5H,1-2H3,(H,13,14). The zero-order valence-electron chi connectivity index (χ0n) is 8.25. The number of halogens is 2. The van der Waals surface area contributed by atoms with Crippen molar-refractivity contribution in [2.45, 2.75) is 20.0 Å². The predicted molar refractivity (Wildman–Crippen MR) is 49.1 cm³/mol. The molecule has 0 aliphatic rings. The minimum absolute atomic E-state index is 0.131. The molecule has 1 N–H and O–H groups in total. The van der Waals surface area contributed by atoms with E-state index in [0.717, 1.165) is 5.56 Å². The second-order valence-electron chi connectivity index (χ2n) is 3.19. The summed E-state index contributed by atoms with van der Waals surface area (Å²) in [6, 6.07) is 4.52. The van der Waals surface area contributed by atoms with E-state index in [1.54, 1.807) is 26.0 Å². The summed E-state index contributed by atoms with van der Waals surface area (Å²) in [6.45, 7) is 3.37. The van der Waals surface area contributed by atoms with Gasteiger partial charge >= 0.3 is 12.1 Å². The van der Waals surface area contributed by atoms with E-state index < -0.39 is 12.1 Å². The maximum absolute atomic E-state index is 12.7. The molecule has 0 fully saturated rings. The molecule has 0 unspecified atom stereocenters. The molecule has 5 heteroatoms. The van der Waals surface area contributed by atoms with Crippen molar-refractivity contribution in [3.8, 4) is 5.75 Å². The average molecular weight is 216 g/mol. The monoisotopic (exact) mass is 216 g/mol. The highest BCUT2D eigenvalue weighted by molar-refractivity contribution is 5.74. The smallest absolute Gasteiger partial charge is 0.474 e. The molecule has 0 saturated carbocycles. The number of carboxylic acids is 1. The van der Waals surface area contributed by atoms with Crippen LogP contribution in [-0.2, 0) is 4.79 Å². The fourth-order valence-corrected chi connectivity index (χ4v) is 1.10. The van der Waals surface area contributed by atoms with Gasteiger partial charge in [0.1, 0.15) is 5.75 Å². The second kappa shape index (κ2) is 3.84. The van der Waals surface area contributed by atoms with Crippen LogP contribution in [0.4, 0.5) is 8.78 Å². The van der Waals surface area contributed by atoms with E-state index in [-0.39, 0.29) is 5.75 Å². The first kappa shape index (κ1) is 11.4. The van der Waals surface area contributed by atoms with Crippen LogP contribution in [0.2, 0.25) is 0 Å². The van der Waals surface area contributed by atoms with Gasteiger partial charge in [-0.3, -0.25) is 0 Å². The van der Waals surface area contributed by atoms with Crippen molar-refractivity contribution in [2.75, 3.05) is 0 Å². The first-order valence-corrected chi connectivity index (χ1v) is 4.20. The number of aryl methyl sites for hydroxylation is 2. The molecule has 0 saturated heterocycles. The number of ether oxygens (including phenoxy) is 1. The third kappa shape index (κ3) is 2.65. The van der Waals surface area contributed by atoms with Crippen molar-refractivity contribution in [3.63, 3.8) is 0 Å². The van der Waals surface area contributed by atoms with Gasteiger partial charge < -0.3 is 9.84 Å². The van der Waals surface area contributed by atoms with Crippen molar-refractivity contribution in [2.24, 2.45) is 0 Å². The summed E-state index contributed by atoms with van der Waals surface area (Å²) in [4.78, 5) is 10.1. The third-order valence-corrected chi connectivity index (χ3v) is 1.82. The molecule has 0 spiro atoms. The Kier molecular flexibility index (Phi) is 2.93. The van der Waals surface area contributed by atoms with E-state index in [9.17, 15) is 13.6 Å². The predicted octanol–water partition coefficient (Wildman–Crippen LogP) is 2.36. The van der Waals surface area contributed by atoms with E-state index >= 15 is 0 Å². The van der Waals surface area contributed by atoms with Gasteiger partial charge in [0.15, 0.2) is 0 Å². The highest BCUT2D eigenvalue weighted by Crippen LogP contribution is 2.25. The normalized spacial score (nSPS) is 11.2. The number of carbonyl (C=O) groups is 1. The Balaban J connectivity index is 2.95. The Hall–Kier alpha value is -1.65. The third-order valence-electron chi connectivity index (χ3n) is 1.82. The molecule has 0 aromatic heterocycles. The zero-order chi connectivity index (χ0) is 11.6. The summed E-state index contributed by atoms with van der Waals surface area (Å²) >= 11 is 0. The van der Waals surface area contributed by atoms with Crippen molar-refractivity contribution in [3.05, 3.63) is 29.3 Å². The van der Waals surface area contributed by atoms with Crippen LogP contribution >= 0.6 is 0 Å². The number of carboxylic acid groups (broad SMARTS) is 1. The van der Waals surface area contributed by atoms with Crippen LogP contribution in [0.25, 0.3) is 0 Å². The number of hydrogen-bond acceptors (Lipinski definition) is 2. The average Bonchev–Trinajstić information content (AvgIpc) is 2.09. The van der Waals surface area contributed by atoms with Gasteiger partial charge in [-0.1, -0.05) is 17.7 Å². The summed E-state index contributed by atoms with van der Waals surface area (Å²) in [5.74, 6) is -2.43. The molecule has 0 aliphatic heterocycles. The fourth-order valence-electron chi connectivity index (χ4n) is 1.10. The fraction of sp³-hybridized carbons (Fsp3) is 0.300. The van der Waals surface area contributed by atoms with Crippen LogP contribution in [0.5, 0.6) is 5.75 Å². The molecule has 0 amide bonds. The molecule has 0 atom stereocenters. The Morgan fingerprint density at radius 2 is 2.00 bits per heavy atom. The van der Waals surface area contributed by atoms with Gasteiger partial charge in [0.05, 0.1) is 0 Å². The Bertz CT molecular complexity index is 388. The second-order valence-corrected chi connectivity index (χ2v) is 3.19. The number of alkyl halides is 2. The molecule has 1 aromatic carbocycles. The lowest BCUT2D eigenvalue weighted by molar-refractivity contribution is -0.211. The molecule has 0 aliphatic carbocycles. The number of benzene rings is 1. The minimum atomic E-state index is -4.19. The maximum atomic E-state index is 12.7. The Morgan fingerprint density at radius 3 is 2.47 bits per heavy atom. The van der Waals surface area contributed by atoms with E-state index in [0.29, 0.717) is 5.56 Å².